The van der Waals surface area contributed by atoms with E-state index in [-0.39, 0.29) is 19.0 Å². The second-order valence-corrected chi connectivity index (χ2v) is 6.48. The van der Waals surface area contributed by atoms with E-state index in [1.165, 1.54) is 18.5 Å². The molecule has 0 fully saturated rings. The second-order valence-electron chi connectivity index (χ2n) is 4.58. The van der Waals surface area contributed by atoms with Crippen molar-refractivity contribution in [3.8, 4) is 11.5 Å². The molecule has 0 saturated carbocycles. The Labute approximate surface area is 131 Å². The summed E-state index contributed by atoms with van der Waals surface area (Å²) in [5.41, 5.74) is 0.370. The van der Waals surface area contributed by atoms with Gasteiger partial charge in [0.1, 0.15) is 11.5 Å². The van der Waals surface area contributed by atoms with Gasteiger partial charge in [0.05, 0.1) is 32.7 Å². The van der Waals surface area contributed by atoms with Gasteiger partial charge in [-0.25, -0.2) is 8.42 Å². The van der Waals surface area contributed by atoms with E-state index < -0.39 is 10.0 Å². The lowest BCUT2D eigenvalue weighted by atomic mass is 10.2. The SMILES string of the molecule is CCC(=O)NCCN(c1cc(OC)ccc1OC)S(C)(=O)=O. The number of benzene rings is 1. The molecule has 0 aliphatic rings. The predicted molar refractivity (Wildman–Crippen MR) is 85.0 cm³/mol. The molecule has 1 aromatic carbocycles. The van der Waals surface area contributed by atoms with Crippen molar-refractivity contribution >= 4 is 21.6 Å². The van der Waals surface area contributed by atoms with E-state index in [4.69, 9.17) is 9.47 Å². The summed E-state index contributed by atoms with van der Waals surface area (Å²) >= 11 is 0. The second kappa shape index (κ2) is 7.88. The molecule has 1 amide bonds. The van der Waals surface area contributed by atoms with E-state index in [9.17, 15) is 13.2 Å². The van der Waals surface area contributed by atoms with Crippen LogP contribution in [0.25, 0.3) is 0 Å². The number of carbonyl (C=O) groups is 1. The number of anilines is 1. The standard InChI is InChI=1S/C14H22N2O5S/c1-5-14(17)15-8-9-16(22(4,18)19)12-10-11(20-2)6-7-13(12)21-3/h6-7,10H,5,8-9H2,1-4H3,(H,15,17). The summed E-state index contributed by atoms with van der Waals surface area (Å²) in [6.07, 6.45) is 1.45. The van der Waals surface area contributed by atoms with Gasteiger partial charge in [-0.1, -0.05) is 6.92 Å². The van der Waals surface area contributed by atoms with Gasteiger partial charge >= 0.3 is 0 Å². The number of nitrogens with zero attached hydrogens (tertiary/aromatic N) is 1. The summed E-state index contributed by atoms with van der Waals surface area (Å²) in [6.45, 7) is 2.04. The third-order valence-corrected chi connectivity index (χ3v) is 4.19. The number of hydrogen-bond donors (Lipinski definition) is 1. The van der Waals surface area contributed by atoms with Gasteiger partial charge < -0.3 is 14.8 Å². The van der Waals surface area contributed by atoms with Gasteiger partial charge in [-0.15, -0.1) is 0 Å². The van der Waals surface area contributed by atoms with Crippen LogP contribution in [-0.2, 0) is 14.8 Å². The fourth-order valence-corrected chi connectivity index (χ4v) is 2.80. The molecule has 1 aromatic rings. The number of methoxy groups -OCH3 is 2. The minimum absolute atomic E-state index is 0.105. The first-order valence-corrected chi connectivity index (χ1v) is 8.64. The molecule has 0 unspecified atom stereocenters. The highest BCUT2D eigenvalue weighted by Gasteiger charge is 2.21. The third kappa shape index (κ3) is 4.80. The van der Waals surface area contributed by atoms with Gasteiger partial charge in [0.2, 0.25) is 15.9 Å². The molecule has 0 aliphatic heterocycles. The summed E-state index contributed by atoms with van der Waals surface area (Å²) in [5, 5.41) is 2.65. The molecule has 22 heavy (non-hydrogen) atoms. The lowest BCUT2D eigenvalue weighted by Crippen LogP contribution is -2.38. The van der Waals surface area contributed by atoms with Gasteiger partial charge in [-0.05, 0) is 12.1 Å². The molecule has 1 rings (SSSR count). The van der Waals surface area contributed by atoms with Crippen LogP contribution in [0.1, 0.15) is 13.3 Å². The van der Waals surface area contributed by atoms with Crippen LogP contribution in [-0.4, -0.2) is 47.9 Å². The molecular formula is C14H22N2O5S. The molecular weight excluding hydrogens is 308 g/mol. The lowest BCUT2D eigenvalue weighted by Gasteiger charge is -2.24. The number of nitrogens with one attached hydrogen (secondary N) is 1. The van der Waals surface area contributed by atoms with Crippen LogP contribution < -0.4 is 19.1 Å². The quantitative estimate of drug-likeness (QED) is 0.768. The molecule has 0 bridgehead atoms. The highest BCUT2D eigenvalue weighted by molar-refractivity contribution is 7.92. The van der Waals surface area contributed by atoms with Gasteiger partial charge in [0, 0.05) is 19.0 Å². The summed E-state index contributed by atoms with van der Waals surface area (Å²) in [7, 11) is -0.573. The zero-order valence-electron chi connectivity index (χ0n) is 13.3. The Morgan fingerprint density at radius 2 is 1.95 bits per heavy atom. The summed E-state index contributed by atoms with van der Waals surface area (Å²) in [5.74, 6) is 0.793. The number of rotatable bonds is 8. The topological polar surface area (TPSA) is 84.9 Å². The zero-order valence-corrected chi connectivity index (χ0v) is 14.1. The van der Waals surface area contributed by atoms with Gasteiger partial charge in [-0.3, -0.25) is 9.10 Å². The average Bonchev–Trinajstić information content (AvgIpc) is 2.49. The van der Waals surface area contributed by atoms with Crippen molar-refractivity contribution in [2.75, 3.05) is 37.9 Å². The van der Waals surface area contributed by atoms with E-state index in [1.54, 1.807) is 25.1 Å². The highest BCUT2D eigenvalue weighted by Crippen LogP contribution is 2.33. The Kier molecular flexibility index (Phi) is 6.48. The van der Waals surface area contributed by atoms with E-state index in [0.717, 1.165) is 6.26 Å². The van der Waals surface area contributed by atoms with Crippen molar-refractivity contribution in [3.05, 3.63) is 18.2 Å². The number of hydrogen-bond acceptors (Lipinski definition) is 5. The van der Waals surface area contributed by atoms with Crippen LogP contribution in [0.3, 0.4) is 0 Å². The zero-order chi connectivity index (χ0) is 16.8. The van der Waals surface area contributed by atoms with Gasteiger partial charge in [-0.2, -0.15) is 0 Å². The van der Waals surface area contributed by atoms with Gasteiger partial charge in [0.15, 0.2) is 0 Å². The first-order chi connectivity index (χ1) is 10.3. The lowest BCUT2D eigenvalue weighted by molar-refractivity contribution is -0.120. The molecule has 0 aromatic heterocycles. The van der Waals surface area contributed by atoms with E-state index >= 15 is 0 Å². The molecule has 0 radical (unpaired) electrons. The Hall–Kier alpha value is -1.96. The normalized spacial score (nSPS) is 10.9. The summed E-state index contributed by atoms with van der Waals surface area (Å²) < 4.78 is 35.7. The van der Waals surface area contributed by atoms with Crippen molar-refractivity contribution in [2.24, 2.45) is 0 Å². The van der Waals surface area contributed by atoms with Crippen LogP contribution in [0.4, 0.5) is 5.69 Å². The van der Waals surface area contributed by atoms with Crippen molar-refractivity contribution in [2.45, 2.75) is 13.3 Å². The summed E-state index contributed by atoms with van der Waals surface area (Å²) in [4.78, 5) is 11.3. The molecule has 7 nitrogen and oxygen atoms in total. The van der Waals surface area contributed by atoms with Crippen LogP contribution in [0.2, 0.25) is 0 Å². The monoisotopic (exact) mass is 330 g/mol. The predicted octanol–water partition coefficient (Wildman–Crippen LogP) is 0.996. The fourth-order valence-electron chi connectivity index (χ4n) is 1.88. The van der Waals surface area contributed by atoms with Crippen molar-refractivity contribution in [3.63, 3.8) is 0 Å². The largest absolute Gasteiger partial charge is 0.497 e. The average molecular weight is 330 g/mol. The molecule has 8 heteroatoms. The Morgan fingerprint density at radius 1 is 1.27 bits per heavy atom. The van der Waals surface area contributed by atoms with Crippen LogP contribution >= 0.6 is 0 Å². The number of sulfonamides is 1. The van der Waals surface area contributed by atoms with Crippen molar-refractivity contribution in [1.29, 1.82) is 0 Å². The maximum absolute atomic E-state index is 12.1. The van der Waals surface area contributed by atoms with Crippen molar-refractivity contribution < 1.29 is 22.7 Å². The summed E-state index contributed by atoms with van der Waals surface area (Å²) in [6, 6.07) is 4.90. The van der Waals surface area contributed by atoms with E-state index in [2.05, 4.69) is 5.32 Å². The van der Waals surface area contributed by atoms with Crippen LogP contribution in [0.5, 0.6) is 11.5 Å². The van der Waals surface area contributed by atoms with Crippen LogP contribution in [0.15, 0.2) is 18.2 Å². The maximum atomic E-state index is 12.1. The third-order valence-electron chi connectivity index (χ3n) is 3.01. The van der Waals surface area contributed by atoms with Crippen molar-refractivity contribution in [1.82, 2.24) is 5.32 Å². The number of ether oxygens (including phenoxy) is 2. The number of carbonyl (C=O) groups excluding carboxylic acids is 1. The highest BCUT2D eigenvalue weighted by atomic mass is 32.2. The first-order valence-electron chi connectivity index (χ1n) is 6.80. The fraction of sp³-hybridized carbons (Fsp3) is 0.500. The van der Waals surface area contributed by atoms with E-state index in [0.29, 0.717) is 23.6 Å². The van der Waals surface area contributed by atoms with Gasteiger partial charge in [0.25, 0.3) is 0 Å². The molecule has 0 aliphatic carbocycles. The molecule has 0 saturated heterocycles. The molecule has 124 valence electrons. The Bertz CT molecular complexity index is 616. The molecule has 0 heterocycles. The Balaban J connectivity index is 3.09. The molecule has 0 atom stereocenters. The molecule has 0 spiro atoms. The molecule has 1 N–H and O–H groups in total. The maximum Gasteiger partial charge on any atom is 0.232 e. The van der Waals surface area contributed by atoms with Crippen LogP contribution in [0, 0.1) is 0 Å². The minimum Gasteiger partial charge on any atom is -0.497 e. The first kappa shape index (κ1) is 18.1. The van der Waals surface area contributed by atoms with E-state index in [1.807, 2.05) is 0 Å². The minimum atomic E-state index is -3.53. The number of amides is 1. The Morgan fingerprint density at radius 3 is 2.45 bits per heavy atom. The smallest absolute Gasteiger partial charge is 0.232 e.